The summed E-state index contributed by atoms with van der Waals surface area (Å²) in [6, 6.07) is 0. The van der Waals surface area contributed by atoms with Crippen LogP contribution in [-0.4, -0.2) is 81.7 Å². The summed E-state index contributed by atoms with van der Waals surface area (Å²) in [6.07, 6.45) is -2.29. The van der Waals surface area contributed by atoms with Gasteiger partial charge in [0.05, 0.1) is 12.8 Å². The molecule has 0 unspecified atom stereocenters. The minimum atomic E-state index is -2.74. The monoisotopic (exact) mass is 288 g/mol. The molecule has 0 fully saturated rings. The molecule has 4 N–H and O–H groups in total. The van der Waals surface area contributed by atoms with Crippen molar-refractivity contribution < 1.29 is 51.9 Å². The fourth-order valence-corrected chi connectivity index (χ4v) is 0.714. The van der Waals surface area contributed by atoms with Crippen LogP contribution < -0.4 is 0 Å². The van der Waals surface area contributed by atoms with Crippen LogP contribution >= 0.6 is 0 Å². The topological polar surface area (TPSA) is 132 Å². The molecule has 0 atom stereocenters. The van der Waals surface area contributed by atoms with Gasteiger partial charge < -0.3 is 20.4 Å². The first-order valence-electron chi connectivity index (χ1n) is 3.17. The van der Waals surface area contributed by atoms with E-state index in [1.54, 1.807) is 0 Å². The molecule has 0 saturated carbocycles. The molecule has 9 heteroatoms. The van der Waals surface area contributed by atoms with Crippen molar-refractivity contribution in [3.05, 3.63) is 0 Å². The van der Waals surface area contributed by atoms with Gasteiger partial charge in [-0.1, -0.05) is 0 Å². The molecule has 80 valence electrons. The van der Waals surface area contributed by atoms with Gasteiger partial charge in [-0.25, -0.2) is 4.79 Å². The minimum absolute atomic E-state index is 0. The molecule has 0 spiro atoms. The molecule has 0 saturated heterocycles. The van der Waals surface area contributed by atoms with Crippen molar-refractivity contribution in [3.8, 4) is 0 Å². The fraction of sp³-hybridized carbons (Fsp3) is 0.500. The van der Waals surface area contributed by atoms with E-state index in [9.17, 15) is 14.4 Å². The van der Waals surface area contributed by atoms with Crippen molar-refractivity contribution in [2.75, 3.05) is 0 Å². The maximum absolute atomic E-state index is 10.3. The molecule has 0 aliphatic rings. The fourth-order valence-electron chi connectivity index (χ4n) is 0.714. The Balaban J connectivity index is -0.000000720. The van der Waals surface area contributed by atoms with Crippen LogP contribution in [-0.2, 0) is 31.5 Å². The predicted molar refractivity (Wildman–Crippen MR) is 42.8 cm³/mol. The van der Waals surface area contributed by atoms with Gasteiger partial charge in [-0.2, -0.15) is 0 Å². The Labute approximate surface area is 125 Å². The summed E-state index contributed by atoms with van der Waals surface area (Å²) >= 11 is 0. The summed E-state index contributed by atoms with van der Waals surface area (Å²) in [5, 5.41) is 33.8. The van der Waals surface area contributed by atoms with Gasteiger partial charge in [0.2, 0.25) is 0 Å². The van der Waals surface area contributed by atoms with Crippen LogP contribution in [0.25, 0.3) is 0 Å². The zero-order valence-corrected chi connectivity index (χ0v) is 10.8. The summed E-state index contributed by atoms with van der Waals surface area (Å²) in [6.45, 7) is 0. The van der Waals surface area contributed by atoms with Gasteiger partial charge >= 0.3 is 72.7 Å². The van der Waals surface area contributed by atoms with Gasteiger partial charge in [-0.3, -0.25) is 9.59 Å². The molecule has 7 nitrogen and oxygen atoms in total. The smallest absolute Gasteiger partial charge is 0.481 e. The Kier molecular flexibility index (Phi) is 11.4. The van der Waals surface area contributed by atoms with Gasteiger partial charge in [-0.05, 0) is 0 Å². The van der Waals surface area contributed by atoms with Crippen molar-refractivity contribution in [3.63, 3.8) is 0 Å². The standard InChI is InChI=1S/C6H8O7.Ca.Fe/c7-3(8)1-6(13,5(11)12)2-4(9)10;;/h13H,1-2H2,(H,7,8)(H,9,10)(H,11,12);;/q;2*+2. The Morgan fingerprint density at radius 2 is 1.20 bits per heavy atom. The van der Waals surface area contributed by atoms with Crippen LogP contribution in [0.15, 0.2) is 0 Å². The Hall–Kier alpha value is 0.149. The van der Waals surface area contributed by atoms with Crippen LogP contribution in [0.5, 0.6) is 0 Å². The molecule has 15 heavy (non-hydrogen) atoms. The largest absolute Gasteiger partial charge is 2.00 e. The third-order valence-corrected chi connectivity index (χ3v) is 1.29. The van der Waals surface area contributed by atoms with Crippen LogP contribution in [0.1, 0.15) is 12.8 Å². The van der Waals surface area contributed by atoms with Gasteiger partial charge in [0.1, 0.15) is 0 Å². The SMILES string of the molecule is O=C(O)CC(O)(CC(=O)O)C(=O)O.[Ca+2].[Fe+2]. The molecular weight excluding hydrogens is 280 g/mol. The number of aliphatic carboxylic acids is 3. The van der Waals surface area contributed by atoms with E-state index in [0.29, 0.717) is 0 Å². The summed E-state index contributed by atoms with van der Waals surface area (Å²) in [7, 11) is 0. The van der Waals surface area contributed by atoms with Crippen molar-refractivity contribution in [1.29, 1.82) is 0 Å². The van der Waals surface area contributed by atoms with Gasteiger partial charge in [0.25, 0.3) is 0 Å². The maximum atomic E-state index is 10.3. The second-order valence-electron chi connectivity index (χ2n) is 2.48. The molecular formula is C6H8CaFeO7+4. The van der Waals surface area contributed by atoms with Crippen LogP contribution in [0.4, 0.5) is 0 Å². The molecule has 0 aromatic rings. The number of carboxylic acid groups (broad SMARTS) is 3. The Morgan fingerprint density at radius 1 is 0.933 bits per heavy atom. The molecule has 0 aromatic heterocycles. The molecule has 0 bridgehead atoms. The van der Waals surface area contributed by atoms with E-state index in [-0.39, 0.29) is 54.8 Å². The number of hydrogen-bond donors (Lipinski definition) is 4. The molecule has 0 aliphatic carbocycles. The van der Waals surface area contributed by atoms with E-state index < -0.39 is 36.4 Å². The first-order chi connectivity index (χ1) is 5.78. The maximum Gasteiger partial charge on any atom is 2.00 e. The summed E-state index contributed by atoms with van der Waals surface area (Å²) in [5.74, 6) is -5.02. The van der Waals surface area contributed by atoms with Gasteiger partial charge in [0, 0.05) is 0 Å². The zero-order chi connectivity index (χ0) is 10.6. The van der Waals surface area contributed by atoms with E-state index >= 15 is 0 Å². The second-order valence-corrected chi connectivity index (χ2v) is 2.48. The Morgan fingerprint density at radius 3 is 1.33 bits per heavy atom. The van der Waals surface area contributed by atoms with Crippen molar-refractivity contribution in [1.82, 2.24) is 0 Å². The van der Waals surface area contributed by atoms with Crippen molar-refractivity contribution in [2.24, 2.45) is 0 Å². The molecule has 0 radical (unpaired) electrons. The van der Waals surface area contributed by atoms with Crippen LogP contribution in [0.3, 0.4) is 0 Å². The molecule has 0 aliphatic heterocycles. The molecule has 0 rings (SSSR count). The Bertz CT molecular complexity index is 238. The quantitative estimate of drug-likeness (QED) is 0.446. The number of aliphatic hydroxyl groups is 1. The summed E-state index contributed by atoms with van der Waals surface area (Å²) < 4.78 is 0. The summed E-state index contributed by atoms with van der Waals surface area (Å²) in [5.41, 5.74) is -2.74. The molecule has 0 aromatic carbocycles. The van der Waals surface area contributed by atoms with E-state index in [4.69, 9.17) is 20.4 Å². The van der Waals surface area contributed by atoms with E-state index in [1.807, 2.05) is 0 Å². The van der Waals surface area contributed by atoms with E-state index in [2.05, 4.69) is 0 Å². The minimum Gasteiger partial charge on any atom is -0.481 e. The predicted octanol–water partition coefficient (Wildman–Crippen LogP) is -1.63. The third kappa shape index (κ3) is 8.01. The average Bonchev–Trinajstić information content (AvgIpc) is 1.82. The van der Waals surface area contributed by atoms with E-state index in [1.165, 1.54) is 0 Å². The molecule has 0 heterocycles. The number of carbonyl (C=O) groups is 3. The first kappa shape index (κ1) is 20.5. The second kappa shape index (κ2) is 8.32. The third-order valence-electron chi connectivity index (χ3n) is 1.29. The average molecular weight is 288 g/mol. The molecule has 0 amide bonds. The van der Waals surface area contributed by atoms with Crippen molar-refractivity contribution >= 4 is 55.6 Å². The number of hydrogen-bond acceptors (Lipinski definition) is 4. The van der Waals surface area contributed by atoms with Crippen LogP contribution in [0.2, 0.25) is 0 Å². The number of rotatable bonds is 5. The van der Waals surface area contributed by atoms with Gasteiger partial charge in [0.15, 0.2) is 5.60 Å². The first-order valence-corrected chi connectivity index (χ1v) is 3.17. The zero-order valence-electron chi connectivity index (χ0n) is 7.49. The van der Waals surface area contributed by atoms with Gasteiger partial charge in [-0.15, -0.1) is 0 Å². The number of carboxylic acids is 3. The van der Waals surface area contributed by atoms with E-state index in [0.717, 1.165) is 0 Å². The van der Waals surface area contributed by atoms with Crippen LogP contribution in [0, 0.1) is 0 Å². The summed E-state index contributed by atoms with van der Waals surface area (Å²) in [4.78, 5) is 30.5. The normalized spacial score (nSPS) is 9.40. The van der Waals surface area contributed by atoms with Crippen molar-refractivity contribution in [2.45, 2.75) is 18.4 Å².